The van der Waals surface area contributed by atoms with E-state index in [4.69, 9.17) is 4.74 Å². The van der Waals surface area contributed by atoms with Crippen LogP contribution in [0.15, 0.2) is 35.3 Å². The molecule has 2 aromatic rings. The lowest BCUT2D eigenvalue weighted by molar-refractivity contribution is 0.0524. The van der Waals surface area contributed by atoms with Crippen molar-refractivity contribution < 1.29 is 9.53 Å². The molecule has 4 heteroatoms. The Bertz CT molecular complexity index is 701. The number of rotatable bonds is 5. The van der Waals surface area contributed by atoms with E-state index >= 15 is 0 Å². The molecule has 0 saturated heterocycles. The van der Waals surface area contributed by atoms with Gasteiger partial charge < -0.3 is 9.30 Å². The second kappa shape index (κ2) is 6.57. The van der Waals surface area contributed by atoms with Gasteiger partial charge in [0.15, 0.2) is 0 Å². The molecule has 0 spiro atoms. The number of aryl methyl sites for hydroxylation is 1. The van der Waals surface area contributed by atoms with Gasteiger partial charge in [0.1, 0.15) is 5.56 Å². The standard InChI is InChI=1S/C17H21NO3/c1-4-21-17(20)14-11-18(10-9-12(2)3)15-8-6-5-7-13(15)16(14)19/h5-8,11-12H,4,9-10H2,1-3H3. The van der Waals surface area contributed by atoms with Crippen LogP contribution in [0.3, 0.4) is 0 Å². The Labute approximate surface area is 124 Å². The predicted octanol–water partition coefficient (Wildman–Crippen LogP) is 3.22. The van der Waals surface area contributed by atoms with Crippen LogP contribution in [0.2, 0.25) is 0 Å². The zero-order chi connectivity index (χ0) is 15.4. The molecule has 0 saturated carbocycles. The number of carbonyl (C=O) groups excluding carboxylic acids is 1. The summed E-state index contributed by atoms with van der Waals surface area (Å²) in [6, 6.07) is 7.38. The zero-order valence-electron chi connectivity index (χ0n) is 12.8. The summed E-state index contributed by atoms with van der Waals surface area (Å²) >= 11 is 0. The number of pyridine rings is 1. The molecule has 0 amide bonds. The van der Waals surface area contributed by atoms with Crippen LogP contribution in [0, 0.1) is 5.92 Å². The number of nitrogens with zero attached hydrogens (tertiary/aromatic N) is 1. The van der Waals surface area contributed by atoms with Gasteiger partial charge in [0.25, 0.3) is 0 Å². The van der Waals surface area contributed by atoms with Gasteiger partial charge in [-0.2, -0.15) is 0 Å². The third-order valence-corrected chi connectivity index (χ3v) is 3.43. The van der Waals surface area contributed by atoms with Crippen molar-refractivity contribution in [3.63, 3.8) is 0 Å². The minimum Gasteiger partial charge on any atom is -0.462 e. The third-order valence-electron chi connectivity index (χ3n) is 3.43. The highest BCUT2D eigenvalue weighted by atomic mass is 16.5. The zero-order valence-corrected chi connectivity index (χ0v) is 12.8. The SMILES string of the molecule is CCOC(=O)c1cn(CCC(C)C)c2ccccc2c1=O. The second-order valence-electron chi connectivity index (χ2n) is 5.49. The summed E-state index contributed by atoms with van der Waals surface area (Å²) < 4.78 is 6.96. The Kier molecular flexibility index (Phi) is 4.78. The molecular formula is C17H21NO3. The van der Waals surface area contributed by atoms with E-state index in [0.29, 0.717) is 11.3 Å². The summed E-state index contributed by atoms with van der Waals surface area (Å²) in [4.78, 5) is 24.4. The lowest BCUT2D eigenvalue weighted by Crippen LogP contribution is -2.21. The van der Waals surface area contributed by atoms with Gasteiger partial charge >= 0.3 is 5.97 Å². The predicted molar refractivity (Wildman–Crippen MR) is 83.6 cm³/mol. The van der Waals surface area contributed by atoms with Crippen molar-refractivity contribution in [3.8, 4) is 0 Å². The largest absolute Gasteiger partial charge is 0.462 e. The third kappa shape index (κ3) is 3.32. The van der Waals surface area contributed by atoms with Crippen LogP contribution in [-0.4, -0.2) is 17.1 Å². The van der Waals surface area contributed by atoms with Crippen molar-refractivity contribution in [2.75, 3.05) is 6.61 Å². The van der Waals surface area contributed by atoms with Gasteiger partial charge in [0.05, 0.1) is 12.1 Å². The van der Waals surface area contributed by atoms with Gasteiger partial charge in [-0.3, -0.25) is 4.79 Å². The number of hydrogen-bond donors (Lipinski definition) is 0. The van der Waals surface area contributed by atoms with E-state index in [1.807, 2.05) is 22.8 Å². The fraction of sp³-hybridized carbons (Fsp3) is 0.412. The molecule has 0 bridgehead atoms. The lowest BCUT2D eigenvalue weighted by Gasteiger charge is -2.14. The number of ether oxygens (including phenoxy) is 1. The maximum absolute atomic E-state index is 12.4. The molecule has 1 heterocycles. The van der Waals surface area contributed by atoms with Crippen LogP contribution >= 0.6 is 0 Å². The van der Waals surface area contributed by atoms with Gasteiger partial charge in [0, 0.05) is 18.1 Å². The molecule has 0 atom stereocenters. The summed E-state index contributed by atoms with van der Waals surface area (Å²) in [6.45, 7) is 7.06. The number of carbonyl (C=O) groups is 1. The second-order valence-corrected chi connectivity index (χ2v) is 5.49. The minimum atomic E-state index is -0.549. The number of aromatic nitrogens is 1. The van der Waals surface area contributed by atoms with E-state index < -0.39 is 5.97 Å². The summed E-state index contributed by atoms with van der Waals surface area (Å²) in [5.74, 6) is 0.000726. The normalized spacial score (nSPS) is 11.0. The van der Waals surface area contributed by atoms with E-state index in [1.54, 1.807) is 19.2 Å². The molecular weight excluding hydrogens is 266 g/mol. The molecule has 0 N–H and O–H groups in total. The summed E-state index contributed by atoms with van der Waals surface area (Å²) in [6.07, 6.45) is 2.61. The minimum absolute atomic E-state index is 0.110. The molecule has 1 aromatic heterocycles. The first kappa shape index (κ1) is 15.3. The van der Waals surface area contributed by atoms with E-state index in [0.717, 1.165) is 18.5 Å². The molecule has 0 aliphatic rings. The number of fused-ring (bicyclic) bond motifs is 1. The van der Waals surface area contributed by atoms with Crippen molar-refractivity contribution in [3.05, 3.63) is 46.2 Å². The average molecular weight is 287 g/mol. The number of benzene rings is 1. The molecule has 2 rings (SSSR count). The molecule has 0 fully saturated rings. The Morgan fingerprint density at radius 3 is 2.67 bits per heavy atom. The van der Waals surface area contributed by atoms with Crippen molar-refractivity contribution in [1.29, 1.82) is 0 Å². The van der Waals surface area contributed by atoms with Crippen molar-refractivity contribution in [2.24, 2.45) is 5.92 Å². The molecule has 112 valence electrons. The summed E-state index contributed by atoms with van der Waals surface area (Å²) in [5, 5.41) is 0.562. The molecule has 4 nitrogen and oxygen atoms in total. The molecule has 0 aliphatic heterocycles. The van der Waals surface area contributed by atoms with Gasteiger partial charge in [-0.25, -0.2) is 4.79 Å². The topological polar surface area (TPSA) is 48.3 Å². The molecule has 0 radical (unpaired) electrons. The molecule has 1 aromatic carbocycles. The Hall–Kier alpha value is -2.10. The Morgan fingerprint density at radius 1 is 1.29 bits per heavy atom. The highest BCUT2D eigenvalue weighted by Crippen LogP contribution is 2.14. The average Bonchev–Trinajstić information content (AvgIpc) is 2.47. The maximum atomic E-state index is 12.4. The van der Waals surface area contributed by atoms with Gasteiger partial charge in [-0.05, 0) is 31.4 Å². The van der Waals surface area contributed by atoms with Crippen LogP contribution in [0.25, 0.3) is 10.9 Å². The number of esters is 1. The number of hydrogen-bond acceptors (Lipinski definition) is 3. The highest BCUT2D eigenvalue weighted by Gasteiger charge is 2.16. The van der Waals surface area contributed by atoms with E-state index in [9.17, 15) is 9.59 Å². The summed E-state index contributed by atoms with van der Waals surface area (Å²) in [7, 11) is 0. The smallest absolute Gasteiger partial charge is 0.343 e. The number of para-hydroxylation sites is 1. The van der Waals surface area contributed by atoms with Crippen molar-refractivity contribution >= 4 is 16.9 Å². The summed E-state index contributed by atoms with van der Waals surface area (Å²) in [5.41, 5.74) is 0.709. The van der Waals surface area contributed by atoms with Crippen molar-refractivity contribution in [2.45, 2.75) is 33.7 Å². The lowest BCUT2D eigenvalue weighted by atomic mass is 10.1. The van der Waals surface area contributed by atoms with Gasteiger partial charge in [0.2, 0.25) is 5.43 Å². The van der Waals surface area contributed by atoms with Gasteiger partial charge in [-0.1, -0.05) is 26.0 Å². The van der Waals surface area contributed by atoms with Crippen LogP contribution < -0.4 is 5.43 Å². The van der Waals surface area contributed by atoms with Crippen LogP contribution in [0.1, 0.15) is 37.6 Å². The monoisotopic (exact) mass is 287 g/mol. The first-order valence-corrected chi connectivity index (χ1v) is 7.34. The van der Waals surface area contributed by atoms with E-state index in [-0.39, 0.29) is 17.6 Å². The Balaban J connectivity index is 2.58. The molecule has 21 heavy (non-hydrogen) atoms. The van der Waals surface area contributed by atoms with Crippen molar-refractivity contribution in [1.82, 2.24) is 4.57 Å². The van der Waals surface area contributed by atoms with E-state index in [1.165, 1.54) is 0 Å². The van der Waals surface area contributed by atoms with Crippen LogP contribution in [0.5, 0.6) is 0 Å². The fourth-order valence-corrected chi connectivity index (χ4v) is 2.28. The quantitative estimate of drug-likeness (QED) is 0.793. The first-order chi connectivity index (χ1) is 10.0. The molecule has 0 aliphatic carbocycles. The van der Waals surface area contributed by atoms with E-state index in [2.05, 4.69) is 13.8 Å². The van der Waals surface area contributed by atoms with Gasteiger partial charge in [-0.15, -0.1) is 0 Å². The maximum Gasteiger partial charge on any atom is 0.343 e. The Morgan fingerprint density at radius 2 is 2.00 bits per heavy atom. The van der Waals surface area contributed by atoms with Crippen LogP contribution in [-0.2, 0) is 11.3 Å². The first-order valence-electron chi connectivity index (χ1n) is 7.34. The van der Waals surface area contributed by atoms with Crippen LogP contribution in [0.4, 0.5) is 0 Å². The molecule has 0 unspecified atom stereocenters. The fourth-order valence-electron chi connectivity index (χ4n) is 2.28. The highest BCUT2D eigenvalue weighted by molar-refractivity contribution is 5.93.